The second kappa shape index (κ2) is 8.41. The Balaban J connectivity index is 1.70. The molecule has 1 fully saturated rings. The third-order valence-electron chi connectivity index (χ3n) is 5.88. The normalized spacial score (nSPS) is 16.2. The average Bonchev–Trinajstić information content (AvgIpc) is 2.80. The van der Waals surface area contributed by atoms with Gasteiger partial charge in [-0.15, -0.1) is 0 Å². The van der Waals surface area contributed by atoms with Crippen LogP contribution < -0.4 is 16.6 Å². The molecule has 2 amide bonds. The standard InChI is InChI=1S/C23H25N5O4/c1-14(29)24-16-9-7-15(8-10-16)21(30)28-13-5-4-6-19(28)18-12-11-17-20(25-18)26(2)23(32)27(3)22(17)31/h7-12,19H,4-6,13H2,1-3H3,(H,24,29). The van der Waals surface area contributed by atoms with E-state index in [9.17, 15) is 19.2 Å². The first-order valence-corrected chi connectivity index (χ1v) is 10.5. The molecule has 0 spiro atoms. The number of aromatic nitrogens is 3. The first kappa shape index (κ1) is 21.5. The second-order valence-corrected chi connectivity index (χ2v) is 8.08. The molecule has 0 bridgehead atoms. The molecule has 1 unspecified atom stereocenters. The molecule has 3 heterocycles. The van der Waals surface area contributed by atoms with Crippen LogP contribution in [0.25, 0.3) is 11.0 Å². The van der Waals surface area contributed by atoms with Crippen molar-refractivity contribution in [2.24, 2.45) is 14.1 Å². The van der Waals surface area contributed by atoms with Gasteiger partial charge in [-0.2, -0.15) is 0 Å². The molecule has 4 rings (SSSR count). The maximum atomic E-state index is 13.3. The molecule has 3 aromatic rings. The van der Waals surface area contributed by atoms with Gasteiger partial charge < -0.3 is 10.2 Å². The lowest BCUT2D eigenvalue weighted by atomic mass is 9.97. The zero-order valence-corrected chi connectivity index (χ0v) is 18.3. The van der Waals surface area contributed by atoms with Crippen molar-refractivity contribution >= 4 is 28.5 Å². The monoisotopic (exact) mass is 435 g/mol. The van der Waals surface area contributed by atoms with Crippen LogP contribution in [0.2, 0.25) is 0 Å². The second-order valence-electron chi connectivity index (χ2n) is 8.08. The molecule has 1 aromatic carbocycles. The Kier molecular flexibility index (Phi) is 5.65. The summed E-state index contributed by atoms with van der Waals surface area (Å²) in [5.74, 6) is -0.296. The van der Waals surface area contributed by atoms with Gasteiger partial charge in [0.2, 0.25) is 5.91 Å². The fraction of sp³-hybridized carbons (Fsp3) is 0.348. The van der Waals surface area contributed by atoms with Crippen LogP contribution in [0.1, 0.15) is 48.3 Å². The third-order valence-corrected chi connectivity index (χ3v) is 5.88. The zero-order valence-electron chi connectivity index (χ0n) is 18.3. The van der Waals surface area contributed by atoms with Gasteiger partial charge in [0.25, 0.3) is 11.5 Å². The van der Waals surface area contributed by atoms with Crippen molar-refractivity contribution in [2.45, 2.75) is 32.2 Å². The maximum Gasteiger partial charge on any atom is 0.332 e. The lowest BCUT2D eigenvalue weighted by molar-refractivity contribution is -0.114. The van der Waals surface area contributed by atoms with Gasteiger partial charge in [0.15, 0.2) is 0 Å². The Bertz CT molecular complexity index is 1320. The van der Waals surface area contributed by atoms with E-state index in [0.717, 1.165) is 23.8 Å². The Hall–Kier alpha value is -3.75. The molecule has 1 aliphatic rings. The van der Waals surface area contributed by atoms with E-state index in [-0.39, 0.29) is 17.9 Å². The molecule has 0 saturated carbocycles. The topological polar surface area (TPSA) is 106 Å². The summed E-state index contributed by atoms with van der Waals surface area (Å²) in [4.78, 5) is 55.8. The van der Waals surface area contributed by atoms with E-state index in [0.29, 0.717) is 34.5 Å². The smallest absolute Gasteiger partial charge is 0.330 e. The Morgan fingerprint density at radius 1 is 1.00 bits per heavy atom. The first-order valence-electron chi connectivity index (χ1n) is 10.5. The van der Waals surface area contributed by atoms with Crippen LogP contribution in [0, 0.1) is 0 Å². The van der Waals surface area contributed by atoms with E-state index in [1.807, 2.05) is 0 Å². The van der Waals surface area contributed by atoms with Gasteiger partial charge in [0, 0.05) is 38.8 Å². The summed E-state index contributed by atoms with van der Waals surface area (Å²) in [6.07, 6.45) is 2.58. The summed E-state index contributed by atoms with van der Waals surface area (Å²) in [7, 11) is 3.03. The first-order chi connectivity index (χ1) is 15.3. The number of amides is 2. The Morgan fingerprint density at radius 3 is 2.41 bits per heavy atom. The number of likely N-dealkylation sites (tertiary alicyclic amines) is 1. The zero-order chi connectivity index (χ0) is 23.0. The van der Waals surface area contributed by atoms with Crippen LogP contribution in [0.3, 0.4) is 0 Å². The summed E-state index contributed by atoms with van der Waals surface area (Å²) >= 11 is 0. The number of nitrogens with zero attached hydrogens (tertiary/aromatic N) is 4. The predicted octanol–water partition coefficient (Wildman–Crippen LogP) is 1.96. The van der Waals surface area contributed by atoms with Gasteiger partial charge in [0.05, 0.1) is 17.1 Å². The van der Waals surface area contributed by atoms with Crippen LogP contribution >= 0.6 is 0 Å². The summed E-state index contributed by atoms with van der Waals surface area (Å²) < 4.78 is 2.42. The van der Waals surface area contributed by atoms with Crippen molar-refractivity contribution < 1.29 is 9.59 Å². The van der Waals surface area contributed by atoms with Gasteiger partial charge >= 0.3 is 5.69 Å². The SMILES string of the molecule is CC(=O)Nc1ccc(C(=O)N2CCCCC2c2ccc3c(=O)n(C)c(=O)n(C)c3n2)cc1. The average molecular weight is 435 g/mol. The number of rotatable bonds is 3. The highest BCUT2D eigenvalue weighted by atomic mass is 16.2. The van der Waals surface area contributed by atoms with E-state index >= 15 is 0 Å². The van der Waals surface area contributed by atoms with E-state index in [2.05, 4.69) is 10.3 Å². The number of pyridine rings is 1. The van der Waals surface area contributed by atoms with E-state index in [4.69, 9.17) is 0 Å². The van der Waals surface area contributed by atoms with E-state index in [1.54, 1.807) is 48.3 Å². The fourth-order valence-corrected chi connectivity index (χ4v) is 4.20. The minimum atomic E-state index is -0.442. The molecular weight excluding hydrogens is 410 g/mol. The molecule has 0 radical (unpaired) electrons. The number of benzene rings is 1. The largest absolute Gasteiger partial charge is 0.332 e. The molecular formula is C23H25N5O4. The van der Waals surface area contributed by atoms with Gasteiger partial charge in [-0.1, -0.05) is 0 Å². The molecule has 0 aliphatic carbocycles. The minimum absolute atomic E-state index is 0.121. The van der Waals surface area contributed by atoms with E-state index in [1.165, 1.54) is 18.5 Å². The Morgan fingerprint density at radius 2 is 1.72 bits per heavy atom. The number of anilines is 1. The molecule has 9 nitrogen and oxygen atoms in total. The number of nitrogens with one attached hydrogen (secondary N) is 1. The van der Waals surface area contributed by atoms with Gasteiger partial charge in [-0.05, 0) is 55.7 Å². The Labute approximate surface area is 184 Å². The van der Waals surface area contributed by atoms with Gasteiger partial charge in [-0.25, -0.2) is 9.78 Å². The van der Waals surface area contributed by atoms with Crippen LogP contribution in [-0.4, -0.2) is 37.4 Å². The molecule has 166 valence electrons. The summed E-state index contributed by atoms with van der Waals surface area (Å²) in [6, 6.07) is 9.99. The van der Waals surface area contributed by atoms with Crippen LogP contribution in [0.4, 0.5) is 5.69 Å². The molecule has 9 heteroatoms. The van der Waals surface area contributed by atoms with Crippen molar-refractivity contribution in [3.63, 3.8) is 0 Å². The number of hydrogen-bond donors (Lipinski definition) is 1. The summed E-state index contributed by atoms with van der Waals surface area (Å²) in [5.41, 5.74) is 1.29. The fourth-order valence-electron chi connectivity index (χ4n) is 4.20. The molecule has 1 saturated heterocycles. The molecule has 1 atom stereocenters. The highest BCUT2D eigenvalue weighted by molar-refractivity contribution is 5.95. The summed E-state index contributed by atoms with van der Waals surface area (Å²) in [5, 5.41) is 3.05. The molecule has 1 N–H and O–H groups in total. The lowest BCUT2D eigenvalue weighted by Crippen LogP contribution is -2.40. The van der Waals surface area contributed by atoms with Crippen molar-refractivity contribution in [1.82, 2.24) is 19.0 Å². The highest BCUT2D eigenvalue weighted by Gasteiger charge is 2.30. The lowest BCUT2D eigenvalue weighted by Gasteiger charge is -2.35. The van der Waals surface area contributed by atoms with Gasteiger partial charge in [-0.3, -0.25) is 23.5 Å². The number of carbonyl (C=O) groups excluding carboxylic acids is 2. The van der Waals surface area contributed by atoms with E-state index < -0.39 is 11.2 Å². The number of aryl methyl sites for hydroxylation is 1. The van der Waals surface area contributed by atoms with Crippen LogP contribution in [0.5, 0.6) is 0 Å². The van der Waals surface area contributed by atoms with Crippen molar-refractivity contribution in [1.29, 1.82) is 0 Å². The summed E-state index contributed by atoms with van der Waals surface area (Å²) in [6.45, 7) is 2.02. The quantitative estimate of drug-likeness (QED) is 0.677. The minimum Gasteiger partial charge on any atom is -0.330 e. The maximum absolute atomic E-state index is 13.3. The number of hydrogen-bond acceptors (Lipinski definition) is 5. The van der Waals surface area contributed by atoms with Crippen LogP contribution in [0.15, 0.2) is 46.0 Å². The third kappa shape index (κ3) is 3.81. The van der Waals surface area contributed by atoms with Gasteiger partial charge in [0.1, 0.15) is 5.65 Å². The molecule has 1 aliphatic heterocycles. The predicted molar refractivity (Wildman–Crippen MR) is 121 cm³/mol. The van der Waals surface area contributed by atoms with Crippen LogP contribution in [-0.2, 0) is 18.9 Å². The van der Waals surface area contributed by atoms with Crippen molar-refractivity contribution in [3.05, 3.63) is 68.5 Å². The number of carbonyl (C=O) groups is 2. The number of fused-ring (bicyclic) bond motifs is 1. The molecule has 32 heavy (non-hydrogen) atoms. The van der Waals surface area contributed by atoms with Crippen molar-refractivity contribution in [3.8, 4) is 0 Å². The number of piperidine rings is 1. The molecule has 2 aromatic heterocycles. The highest BCUT2D eigenvalue weighted by Crippen LogP contribution is 2.32. The van der Waals surface area contributed by atoms with Crippen molar-refractivity contribution in [2.75, 3.05) is 11.9 Å².